The van der Waals surface area contributed by atoms with E-state index in [1.165, 1.54) is 11.1 Å². The molecule has 0 aliphatic heterocycles. The molecule has 0 amide bonds. The van der Waals surface area contributed by atoms with Crippen LogP contribution in [0.25, 0.3) is 11.0 Å². The third-order valence-corrected chi connectivity index (χ3v) is 3.47. The minimum Gasteiger partial charge on any atom is -0.384 e. The van der Waals surface area contributed by atoms with Gasteiger partial charge in [-0.2, -0.15) is 0 Å². The maximum absolute atomic E-state index is 5.77. The lowest BCUT2D eigenvalue weighted by Crippen LogP contribution is -2.06. The molecule has 0 unspecified atom stereocenters. The molecule has 0 aliphatic rings. The summed E-state index contributed by atoms with van der Waals surface area (Å²) in [7, 11) is 0. The van der Waals surface area contributed by atoms with Gasteiger partial charge in [-0.25, -0.2) is 15.0 Å². The van der Waals surface area contributed by atoms with Crippen molar-refractivity contribution in [2.45, 2.75) is 27.3 Å². The van der Waals surface area contributed by atoms with E-state index in [1.807, 2.05) is 13.3 Å². The van der Waals surface area contributed by atoms with Crippen molar-refractivity contribution < 1.29 is 0 Å². The number of fused-ring (bicyclic) bond motifs is 1. The zero-order valence-electron chi connectivity index (χ0n) is 11.9. The van der Waals surface area contributed by atoms with Crippen molar-refractivity contribution in [1.82, 2.24) is 19.5 Å². The van der Waals surface area contributed by atoms with Gasteiger partial charge >= 0.3 is 0 Å². The lowest BCUT2D eigenvalue weighted by molar-refractivity contribution is 0.760. The molecule has 3 aromatic rings. The Bertz CT molecular complexity index is 768. The molecule has 5 heteroatoms. The normalized spacial score (nSPS) is 11.2. The highest BCUT2D eigenvalue weighted by atomic mass is 15.1. The zero-order valence-corrected chi connectivity index (χ0v) is 11.9. The van der Waals surface area contributed by atoms with Crippen molar-refractivity contribution in [2.24, 2.45) is 0 Å². The third-order valence-electron chi connectivity index (χ3n) is 3.47. The minimum absolute atomic E-state index is 0.504. The van der Waals surface area contributed by atoms with E-state index in [9.17, 15) is 0 Å². The van der Waals surface area contributed by atoms with Gasteiger partial charge in [0.2, 0.25) is 0 Å². The molecule has 0 bridgehead atoms. The summed E-state index contributed by atoms with van der Waals surface area (Å²) in [5.74, 6) is 1.21. The molecule has 3 rings (SSSR count). The second kappa shape index (κ2) is 4.59. The summed E-state index contributed by atoms with van der Waals surface area (Å²) < 4.78 is 2.05. The highest BCUT2D eigenvalue weighted by Crippen LogP contribution is 2.19. The van der Waals surface area contributed by atoms with Gasteiger partial charge in [0.25, 0.3) is 0 Å². The van der Waals surface area contributed by atoms with Crippen LogP contribution in [0.5, 0.6) is 0 Å². The first-order valence-corrected chi connectivity index (χ1v) is 6.55. The molecule has 20 heavy (non-hydrogen) atoms. The van der Waals surface area contributed by atoms with Crippen LogP contribution in [0, 0.1) is 20.8 Å². The summed E-state index contributed by atoms with van der Waals surface area (Å²) in [6.07, 6.45) is 1.82. The van der Waals surface area contributed by atoms with Crippen LogP contribution >= 0.6 is 0 Å². The predicted octanol–water partition coefficient (Wildman–Crippen LogP) is 2.38. The fraction of sp³-hybridized carbons (Fsp3) is 0.267. The van der Waals surface area contributed by atoms with E-state index in [4.69, 9.17) is 5.73 Å². The van der Waals surface area contributed by atoms with Crippen molar-refractivity contribution in [1.29, 1.82) is 0 Å². The Hall–Kier alpha value is -2.43. The number of benzene rings is 1. The fourth-order valence-electron chi connectivity index (χ4n) is 2.32. The molecule has 0 aliphatic carbocycles. The number of nitrogens with zero attached hydrogens (tertiary/aromatic N) is 4. The molecule has 0 atom stereocenters. The van der Waals surface area contributed by atoms with Crippen LogP contribution in [-0.4, -0.2) is 19.5 Å². The Kier molecular flexibility index (Phi) is 2.89. The molecular formula is C15H17N5. The van der Waals surface area contributed by atoms with Crippen LogP contribution in [0.15, 0.2) is 24.5 Å². The number of hydrogen-bond acceptors (Lipinski definition) is 4. The number of nitrogen functional groups attached to an aromatic ring is 1. The molecule has 0 radical (unpaired) electrons. The number of aromatic nitrogens is 4. The Morgan fingerprint density at radius 3 is 2.55 bits per heavy atom. The van der Waals surface area contributed by atoms with Gasteiger partial charge in [-0.15, -0.1) is 0 Å². The van der Waals surface area contributed by atoms with E-state index in [2.05, 4.69) is 45.5 Å². The van der Waals surface area contributed by atoms with Crippen LogP contribution < -0.4 is 5.73 Å². The second-order valence-corrected chi connectivity index (χ2v) is 5.15. The smallest absolute Gasteiger partial charge is 0.150 e. The van der Waals surface area contributed by atoms with Crippen molar-refractivity contribution in [2.75, 3.05) is 5.73 Å². The first-order chi connectivity index (χ1) is 9.52. The summed E-state index contributed by atoms with van der Waals surface area (Å²) in [4.78, 5) is 13.1. The number of hydrogen-bond donors (Lipinski definition) is 1. The Morgan fingerprint density at radius 1 is 1.05 bits per heavy atom. The average Bonchev–Trinajstić information content (AvgIpc) is 2.71. The van der Waals surface area contributed by atoms with Crippen LogP contribution in [0.4, 0.5) is 5.82 Å². The van der Waals surface area contributed by atoms with Crippen molar-refractivity contribution in [3.8, 4) is 0 Å². The summed E-state index contributed by atoms with van der Waals surface area (Å²) in [6.45, 7) is 6.69. The largest absolute Gasteiger partial charge is 0.384 e. The molecule has 0 spiro atoms. The van der Waals surface area contributed by atoms with E-state index in [1.54, 1.807) is 6.07 Å². The van der Waals surface area contributed by atoms with Crippen molar-refractivity contribution >= 4 is 16.9 Å². The first kappa shape index (κ1) is 12.6. The van der Waals surface area contributed by atoms with Gasteiger partial charge in [-0.05, 0) is 44.0 Å². The van der Waals surface area contributed by atoms with Crippen LogP contribution in [0.3, 0.4) is 0 Å². The van der Waals surface area contributed by atoms with Crippen LogP contribution in [0.2, 0.25) is 0 Å². The molecule has 0 saturated heterocycles. The summed E-state index contributed by atoms with van der Waals surface area (Å²) >= 11 is 0. The molecule has 0 fully saturated rings. The number of aryl methyl sites for hydroxylation is 3. The maximum atomic E-state index is 5.77. The fourth-order valence-corrected chi connectivity index (χ4v) is 2.32. The van der Waals surface area contributed by atoms with Gasteiger partial charge in [0.15, 0.2) is 5.82 Å². The number of imidazole rings is 1. The maximum Gasteiger partial charge on any atom is 0.150 e. The Balaban J connectivity index is 2.04. The summed E-state index contributed by atoms with van der Waals surface area (Å²) in [5.41, 5.74) is 11.2. The molecule has 0 saturated carbocycles. The van der Waals surface area contributed by atoms with Crippen molar-refractivity contribution in [3.63, 3.8) is 0 Å². The van der Waals surface area contributed by atoms with Gasteiger partial charge in [0, 0.05) is 11.8 Å². The SMILES string of the molecule is Cc1cc(N)nc(Cn2cnc3cc(C)c(C)cc32)n1. The number of anilines is 1. The van der Waals surface area contributed by atoms with E-state index in [-0.39, 0.29) is 0 Å². The predicted molar refractivity (Wildman–Crippen MR) is 79.5 cm³/mol. The number of nitrogens with two attached hydrogens (primary N) is 1. The van der Waals surface area contributed by atoms with Gasteiger partial charge in [-0.3, -0.25) is 0 Å². The molecule has 2 N–H and O–H groups in total. The average molecular weight is 267 g/mol. The topological polar surface area (TPSA) is 69.6 Å². The molecule has 2 heterocycles. The lowest BCUT2D eigenvalue weighted by atomic mass is 10.1. The second-order valence-electron chi connectivity index (χ2n) is 5.15. The standard InChI is InChI=1S/C15H17N5/c1-9-4-12-13(5-10(9)2)20(8-17-12)7-15-18-11(3)6-14(16)19-15/h4-6,8H,7H2,1-3H3,(H2,16,18,19). The highest BCUT2D eigenvalue weighted by Gasteiger charge is 2.07. The van der Waals surface area contributed by atoms with E-state index in [0.717, 1.165) is 16.7 Å². The van der Waals surface area contributed by atoms with Crippen LogP contribution in [-0.2, 0) is 6.54 Å². The monoisotopic (exact) mass is 267 g/mol. The molecule has 2 aromatic heterocycles. The molecule has 102 valence electrons. The third kappa shape index (κ3) is 2.22. The van der Waals surface area contributed by atoms with Gasteiger partial charge in [0.05, 0.1) is 23.9 Å². The summed E-state index contributed by atoms with van der Waals surface area (Å²) in [5, 5.41) is 0. The summed E-state index contributed by atoms with van der Waals surface area (Å²) in [6, 6.07) is 6.02. The first-order valence-electron chi connectivity index (χ1n) is 6.55. The lowest BCUT2D eigenvalue weighted by Gasteiger charge is -2.06. The van der Waals surface area contributed by atoms with Gasteiger partial charge < -0.3 is 10.3 Å². The van der Waals surface area contributed by atoms with E-state index < -0.39 is 0 Å². The quantitative estimate of drug-likeness (QED) is 0.774. The minimum atomic E-state index is 0.504. The van der Waals surface area contributed by atoms with E-state index >= 15 is 0 Å². The molecular weight excluding hydrogens is 250 g/mol. The van der Waals surface area contributed by atoms with E-state index in [0.29, 0.717) is 18.2 Å². The number of rotatable bonds is 2. The molecule has 5 nitrogen and oxygen atoms in total. The van der Waals surface area contributed by atoms with Gasteiger partial charge in [0.1, 0.15) is 5.82 Å². The van der Waals surface area contributed by atoms with Gasteiger partial charge in [-0.1, -0.05) is 0 Å². The Labute approximate surface area is 117 Å². The van der Waals surface area contributed by atoms with Crippen LogP contribution in [0.1, 0.15) is 22.6 Å². The molecule has 1 aromatic carbocycles. The zero-order chi connectivity index (χ0) is 14.3. The van der Waals surface area contributed by atoms with Crippen molar-refractivity contribution in [3.05, 3.63) is 47.2 Å². The Morgan fingerprint density at radius 2 is 1.80 bits per heavy atom. The highest BCUT2D eigenvalue weighted by molar-refractivity contribution is 5.77.